The standard InChI is InChI=1S/C18H21N5O2/c1-25-15-9-14(10-22-7-5-17(19)21-22)23(11-15)18(24)13-3-2-12-4-6-20-16(12)8-13/h2-8,14-15,20H,9-11H2,1H3,(H2,19,21)/t14-,15-/m0/s1. The number of carbonyl (C=O) groups excluding carboxylic acids is 1. The van der Waals surface area contributed by atoms with Crippen LogP contribution >= 0.6 is 0 Å². The van der Waals surface area contributed by atoms with Gasteiger partial charge >= 0.3 is 0 Å². The monoisotopic (exact) mass is 339 g/mol. The molecule has 0 saturated carbocycles. The molecule has 3 N–H and O–H groups in total. The topological polar surface area (TPSA) is 89.2 Å². The minimum absolute atomic E-state index is 0.0150. The first kappa shape index (κ1) is 15.7. The Hall–Kier alpha value is -2.80. The lowest BCUT2D eigenvalue weighted by Crippen LogP contribution is -2.38. The molecule has 1 fully saturated rings. The number of anilines is 1. The number of ether oxygens (including phenoxy) is 1. The third-order valence-corrected chi connectivity index (χ3v) is 4.83. The van der Waals surface area contributed by atoms with Gasteiger partial charge < -0.3 is 20.4 Å². The van der Waals surface area contributed by atoms with Gasteiger partial charge in [0.2, 0.25) is 0 Å². The average Bonchev–Trinajstić information content (AvgIpc) is 3.33. The van der Waals surface area contributed by atoms with Crippen molar-refractivity contribution in [2.75, 3.05) is 19.4 Å². The number of hydrogen-bond donors (Lipinski definition) is 2. The maximum atomic E-state index is 13.1. The number of aromatic amines is 1. The largest absolute Gasteiger partial charge is 0.382 e. The molecule has 0 unspecified atom stereocenters. The molecule has 0 radical (unpaired) electrons. The van der Waals surface area contributed by atoms with Crippen LogP contribution in [-0.2, 0) is 11.3 Å². The number of aromatic nitrogens is 3. The van der Waals surface area contributed by atoms with Crippen molar-refractivity contribution >= 4 is 22.6 Å². The highest BCUT2D eigenvalue weighted by molar-refractivity contribution is 5.98. The summed E-state index contributed by atoms with van der Waals surface area (Å²) in [4.78, 5) is 18.1. The van der Waals surface area contributed by atoms with Gasteiger partial charge in [-0.05, 0) is 36.1 Å². The van der Waals surface area contributed by atoms with E-state index in [2.05, 4.69) is 10.1 Å². The zero-order valence-corrected chi connectivity index (χ0v) is 14.1. The van der Waals surface area contributed by atoms with Gasteiger partial charge in [0.1, 0.15) is 5.82 Å². The van der Waals surface area contributed by atoms with Crippen LogP contribution in [0.2, 0.25) is 0 Å². The van der Waals surface area contributed by atoms with Crippen molar-refractivity contribution in [3.05, 3.63) is 48.3 Å². The summed E-state index contributed by atoms with van der Waals surface area (Å²) in [5.41, 5.74) is 7.33. The van der Waals surface area contributed by atoms with E-state index in [0.29, 0.717) is 24.5 Å². The zero-order chi connectivity index (χ0) is 17.4. The number of hydrogen-bond acceptors (Lipinski definition) is 4. The number of amides is 1. The van der Waals surface area contributed by atoms with E-state index in [1.165, 1.54) is 0 Å². The lowest BCUT2D eigenvalue weighted by Gasteiger charge is -2.24. The van der Waals surface area contributed by atoms with Gasteiger partial charge in [-0.3, -0.25) is 9.48 Å². The number of rotatable bonds is 4. The quantitative estimate of drug-likeness (QED) is 0.759. The molecule has 7 nitrogen and oxygen atoms in total. The Morgan fingerprint density at radius 3 is 3.04 bits per heavy atom. The number of carbonyl (C=O) groups is 1. The van der Waals surface area contributed by atoms with Crippen molar-refractivity contribution in [2.45, 2.75) is 25.1 Å². The third-order valence-electron chi connectivity index (χ3n) is 4.83. The molecule has 3 aromatic rings. The molecule has 2 atom stereocenters. The number of likely N-dealkylation sites (tertiary alicyclic amines) is 1. The van der Waals surface area contributed by atoms with E-state index in [9.17, 15) is 4.79 Å². The molecule has 0 bridgehead atoms. The highest BCUT2D eigenvalue weighted by Gasteiger charge is 2.36. The van der Waals surface area contributed by atoms with Crippen LogP contribution in [0.25, 0.3) is 10.9 Å². The molecule has 4 rings (SSSR count). The summed E-state index contributed by atoms with van der Waals surface area (Å²) in [5.74, 6) is 0.498. The molecule has 1 aromatic carbocycles. The van der Waals surface area contributed by atoms with Crippen LogP contribution in [0.1, 0.15) is 16.8 Å². The van der Waals surface area contributed by atoms with Crippen molar-refractivity contribution < 1.29 is 9.53 Å². The number of methoxy groups -OCH3 is 1. The van der Waals surface area contributed by atoms with Crippen LogP contribution in [0.15, 0.2) is 42.7 Å². The summed E-state index contributed by atoms with van der Waals surface area (Å²) >= 11 is 0. The van der Waals surface area contributed by atoms with E-state index in [4.69, 9.17) is 10.5 Å². The smallest absolute Gasteiger partial charge is 0.254 e. The predicted octanol–water partition coefficient (Wildman–Crippen LogP) is 1.88. The van der Waals surface area contributed by atoms with E-state index in [0.717, 1.165) is 17.3 Å². The molecule has 130 valence electrons. The molecular formula is C18H21N5O2. The van der Waals surface area contributed by atoms with E-state index in [1.54, 1.807) is 17.9 Å². The van der Waals surface area contributed by atoms with Crippen molar-refractivity contribution in [3.63, 3.8) is 0 Å². The van der Waals surface area contributed by atoms with Crippen LogP contribution in [0.5, 0.6) is 0 Å². The first-order valence-corrected chi connectivity index (χ1v) is 8.34. The lowest BCUT2D eigenvalue weighted by molar-refractivity contribution is 0.0679. The van der Waals surface area contributed by atoms with Gasteiger partial charge in [0.15, 0.2) is 0 Å². The van der Waals surface area contributed by atoms with Crippen LogP contribution in [0, 0.1) is 0 Å². The van der Waals surface area contributed by atoms with Gasteiger partial charge in [-0.2, -0.15) is 5.10 Å². The number of nitrogens with one attached hydrogen (secondary N) is 1. The summed E-state index contributed by atoms with van der Waals surface area (Å²) < 4.78 is 7.29. The van der Waals surface area contributed by atoms with E-state index >= 15 is 0 Å². The lowest BCUT2D eigenvalue weighted by atomic mass is 10.1. The van der Waals surface area contributed by atoms with Gasteiger partial charge in [-0.25, -0.2) is 0 Å². The second kappa shape index (κ2) is 6.25. The molecule has 1 aliphatic rings. The van der Waals surface area contributed by atoms with Crippen LogP contribution in [0.4, 0.5) is 5.82 Å². The van der Waals surface area contributed by atoms with Gasteiger partial charge in [0.05, 0.1) is 18.7 Å². The number of nitrogen functional groups attached to an aromatic ring is 1. The Balaban J connectivity index is 1.59. The number of fused-ring (bicyclic) bond motifs is 1. The van der Waals surface area contributed by atoms with Crippen molar-refractivity contribution in [1.29, 1.82) is 0 Å². The van der Waals surface area contributed by atoms with Gasteiger partial charge in [-0.1, -0.05) is 6.07 Å². The Labute approximate surface area is 145 Å². The molecular weight excluding hydrogens is 318 g/mol. The highest BCUT2D eigenvalue weighted by Crippen LogP contribution is 2.25. The van der Waals surface area contributed by atoms with Gasteiger partial charge in [-0.15, -0.1) is 0 Å². The molecule has 0 aliphatic carbocycles. The highest BCUT2D eigenvalue weighted by atomic mass is 16.5. The summed E-state index contributed by atoms with van der Waals surface area (Å²) in [6.07, 6.45) is 4.53. The fourth-order valence-corrected chi connectivity index (χ4v) is 3.51. The fourth-order valence-electron chi connectivity index (χ4n) is 3.51. The number of nitrogens with two attached hydrogens (primary N) is 1. The molecule has 0 spiro atoms. The van der Waals surface area contributed by atoms with Crippen LogP contribution < -0.4 is 5.73 Å². The van der Waals surface area contributed by atoms with Crippen molar-refractivity contribution in [2.24, 2.45) is 0 Å². The van der Waals surface area contributed by atoms with Crippen LogP contribution in [0.3, 0.4) is 0 Å². The summed E-state index contributed by atoms with van der Waals surface area (Å²) in [6.45, 7) is 1.19. The minimum Gasteiger partial charge on any atom is -0.382 e. The number of H-pyrrole nitrogens is 1. The maximum Gasteiger partial charge on any atom is 0.254 e. The second-order valence-electron chi connectivity index (χ2n) is 6.45. The Morgan fingerprint density at radius 1 is 1.40 bits per heavy atom. The van der Waals surface area contributed by atoms with Crippen molar-refractivity contribution in [1.82, 2.24) is 19.7 Å². The number of benzene rings is 1. The normalized spacial score (nSPS) is 20.4. The van der Waals surface area contributed by atoms with Crippen molar-refractivity contribution in [3.8, 4) is 0 Å². The first-order chi connectivity index (χ1) is 12.1. The Kier molecular flexibility index (Phi) is 3.93. The fraction of sp³-hybridized carbons (Fsp3) is 0.333. The maximum absolute atomic E-state index is 13.1. The SMILES string of the molecule is CO[C@H]1C[C@@H](Cn2ccc(N)n2)N(C(=O)c2ccc3cc[nH]c3c2)C1. The Bertz CT molecular complexity index is 900. The van der Waals surface area contributed by atoms with E-state index < -0.39 is 0 Å². The molecule has 25 heavy (non-hydrogen) atoms. The summed E-state index contributed by atoms with van der Waals surface area (Å²) in [6, 6.07) is 9.52. The summed E-state index contributed by atoms with van der Waals surface area (Å²) in [5, 5.41) is 5.33. The van der Waals surface area contributed by atoms with Gasteiger partial charge in [0, 0.05) is 37.1 Å². The zero-order valence-electron chi connectivity index (χ0n) is 14.1. The molecule has 2 aromatic heterocycles. The molecule has 1 saturated heterocycles. The molecule has 3 heterocycles. The second-order valence-corrected chi connectivity index (χ2v) is 6.45. The number of nitrogens with zero attached hydrogens (tertiary/aromatic N) is 3. The van der Waals surface area contributed by atoms with E-state index in [-0.39, 0.29) is 18.1 Å². The minimum atomic E-state index is 0.0150. The Morgan fingerprint density at radius 2 is 2.28 bits per heavy atom. The van der Waals surface area contributed by atoms with E-state index in [1.807, 2.05) is 41.6 Å². The average molecular weight is 339 g/mol. The van der Waals surface area contributed by atoms with Crippen LogP contribution in [-0.4, -0.2) is 51.4 Å². The molecule has 7 heteroatoms. The third kappa shape index (κ3) is 2.98. The predicted molar refractivity (Wildman–Crippen MR) is 95.2 cm³/mol. The summed E-state index contributed by atoms with van der Waals surface area (Å²) in [7, 11) is 1.69. The molecule has 1 aliphatic heterocycles. The van der Waals surface area contributed by atoms with Gasteiger partial charge in [0.25, 0.3) is 5.91 Å². The molecule has 1 amide bonds. The first-order valence-electron chi connectivity index (χ1n) is 8.34.